The Morgan fingerprint density at radius 2 is 1.35 bits per heavy atom. The van der Waals surface area contributed by atoms with Gasteiger partial charge in [-0.2, -0.15) is 0 Å². The van der Waals surface area contributed by atoms with Gasteiger partial charge in [0, 0.05) is 18.2 Å². The van der Waals surface area contributed by atoms with Crippen LogP contribution in [0.15, 0.2) is 125 Å². The van der Waals surface area contributed by atoms with Crippen LogP contribution in [0.5, 0.6) is 11.5 Å². The molecule has 0 amide bonds. The fourth-order valence-corrected chi connectivity index (χ4v) is 4.34. The summed E-state index contributed by atoms with van der Waals surface area (Å²) in [5, 5.41) is 0. The molecule has 1 heterocycles. The molecule has 0 fully saturated rings. The molecule has 10 nitrogen and oxygen atoms in total. The number of esters is 2. The standard InChI is InChI=1S/C35H29FN2O8/c36-28-14-16-29(17-15-28)46-30-13-7-8-24(19-30)18-27-20-38(35(42)37-32(27)39)23-45-31(21-43-33(40)25-9-3-1-4-10-25)22-44-34(41)26-11-5-2-6-12-26/h1-17,19-20,31H,18,21-23H2,(H,37,39,42). The number of carbonyl (C=O) groups excluding carboxylic acids is 2. The second kappa shape index (κ2) is 15.3. The smallest absolute Gasteiger partial charge is 0.338 e. The molecule has 46 heavy (non-hydrogen) atoms. The van der Waals surface area contributed by atoms with Crippen LogP contribution in [0.3, 0.4) is 0 Å². The van der Waals surface area contributed by atoms with Crippen molar-refractivity contribution in [1.82, 2.24) is 9.55 Å². The maximum absolute atomic E-state index is 13.2. The molecule has 0 saturated heterocycles. The lowest BCUT2D eigenvalue weighted by Gasteiger charge is -2.19. The van der Waals surface area contributed by atoms with E-state index in [0.717, 1.165) is 10.1 Å². The Kier molecular flexibility index (Phi) is 10.5. The number of ether oxygens (including phenoxy) is 4. The number of nitrogens with zero attached hydrogens (tertiary/aromatic N) is 1. The van der Waals surface area contributed by atoms with Crippen LogP contribution in [0.1, 0.15) is 31.8 Å². The van der Waals surface area contributed by atoms with Crippen LogP contribution in [-0.2, 0) is 27.4 Å². The summed E-state index contributed by atoms with van der Waals surface area (Å²) in [6.45, 7) is -0.893. The predicted molar refractivity (Wildman–Crippen MR) is 165 cm³/mol. The number of aromatic nitrogens is 2. The molecule has 1 aromatic heterocycles. The van der Waals surface area contributed by atoms with Crippen molar-refractivity contribution in [3.8, 4) is 11.5 Å². The minimum absolute atomic E-state index is 0.156. The molecular weight excluding hydrogens is 595 g/mol. The van der Waals surface area contributed by atoms with E-state index in [1.165, 1.54) is 30.5 Å². The lowest BCUT2D eigenvalue weighted by atomic mass is 10.1. The van der Waals surface area contributed by atoms with Gasteiger partial charge in [0.15, 0.2) is 0 Å². The van der Waals surface area contributed by atoms with Crippen LogP contribution in [-0.4, -0.2) is 40.8 Å². The molecule has 0 unspecified atom stereocenters. The second-order valence-corrected chi connectivity index (χ2v) is 10.1. The first-order valence-corrected chi connectivity index (χ1v) is 14.2. The largest absolute Gasteiger partial charge is 0.459 e. The first kappa shape index (κ1) is 31.6. The molecule has 5 aromatic rings. The topological polar surface area (TPSA) is 126 Å². The third-order valence-electron chi connectivity index (χ3n) is 6.70. The van der Waals surface area contributed by atoms with Gasteiger partial charge in [0.05, 0.1) is 11.1 Å². The van der Waals surface area contributed by atoms with Crippen molar-refractivity contribution in [2.24, 2.45) is 0 Å². The van der Waals surface area contributed by atoms with E-state index in [1.807, 2.05) is 0 Å². The highest BCUT2D eigenvalue weighted by Gasteiger charge is 2.18. The summed E-state index contributed by atoms with van der Waals surface area (Å²) in [4.78, 5) is 52.7. The van der Waals surface area contributed by atoms with Crippen LogP contribution in [0, 0.1) is 5.82 Å². The van der Waals surface area contributed by atoms with Crippen LogP contribution >= 0.6 is 0 Å². The fraction of sp³-hybridized carbons (Fsp3) is 0.143. The summed E-state index contributed by atoms with van der Waals surface area (Å²) in [6, 6.07) is 29.3. The lowest BCUT2D eigenvalue weighted by molar-refractivity contribution is -0.0636. The number of halogens is 1. The Balaban J connectivity index is 1.27. The molecule has 5 rings (SSSR count). The van der Waals surface area contributed by atoms with Gasteiger partial charge >= 0.3 is 17.6 Å². The zero-order valence-corrected chi connectivity index (χ0v) is 24.5. The SMILES string of the molecule is O=C(OCC(COC(=O)c1ccccc1)OCn1cc(Cc2cccc(Oc3ccc(F)cc3)c2)c(=O)[nH]c1=O)c1ccccc1. The molecular formula is C35H29FN2O8. The Hall–Kier alpha value is -5.81. The van der Waals surface area contributed by atoms with E-state index in [9.17, 15) is 23.6 Å². The zero-order chi connectivity index (χ0) is 32.3. The maximum atomic E-state index is 13.2. The Morgan fingerprint density at radius 3 is 1.96 bits per heavy atom. The summed E-state index contributed by atoms with van der Waals surface area (Å²) in [5.41, 5.74) is 0.353. The molecule has 0 atom stereocenters. The summed E-state index contributed by atoms with van der Waals surface area (Å²) in [5.74, 6) is -0.654. The van der Waals surface area contributed by atoms with E-state index in [-0.39, 0.29) is 37.7 Å². The molecule has 234 valence electrons. The van der Waals surface area contributed by atoms with Gasteiger partial charge in [-0.15, -0.1) is 0 Å². The average Bonchev–Trinajstić information content (AvgIpc) is 3.08. The molecule has 0 saturated carbocycles. The summed E-state index contributed by atoms with van der Waals surface area (Å²) in [6.07, 6.45) is 0.587. The number of hydrogen-bond donors (Lipinski definition) is 1. The highest BCUT2D eigenvalue weighted by molar-refractivity contribution is 5.89. The molecule has 0 aliphatic heterocycles. The van der Waals surface area contributed by atoms with Crippen LogP contribution in [0.25, 0.3) is 0 Å². The lowest BCUT2D eigenvalue weighted by Crippen LogP contribution is -2.35. The highest BCUT2D eigenvalue weighted by atomic mass is 19.1. The van der Waals surface area contributed by atoms with Gasteiger partial charge in [-0.1, -0.05) is 48.5 Å². The Bertz CT molecular complexity index is 1840. The number of carbonyl (C=O) groups is 2. The van der Waals surface area contributed by atoms with Gasteiger partial charge in [-0.25, -0.2) is 18.8 Å². The van der Waals surface area contributed by atoms with E-state index in [0.29, 0.717) is 22.6 Å². The summed E-state index contributed by atoms with van der Waals surface area (Å²) < 4.78 is 36.8. The van der Waals surface area contributed by atoms with Crippen LogP contribution < -0.4 is 16.0 Å². The molecule has 4 aromatic carbocycles. The first-order chi connectivity index (χ1) is 22.3. The monoisotopic (exact) mass is 624 g/mol. The van der Waals surface area contributed by atoms with E-state index in [2.05, 4.69) is 4.98 Å². The van der Waals surface area contributed by atoms with E-state index >= 15 is 0 Å². The van der Waals surface area contributed by atoms with Crippen molar-refractivity contribution in [3.05, 3.63) is 164 Å². The Labute approximate surface area is 262 Å². The van der Waals surface area contributed by atoms with Crippen molar-refractivity contribution >= 4 is 11.9 Å². The van der Waals surface area contributed by atoms with E-state index in [1.54, 1.807) is 84.9 Å². The van der Waals surface area contributed by atoms with Gasteiger partial charge in [0.25, 0.3) is 5.56 Å². The third-order valence-corrected chi connectivity index (χ3v) is 6.70. The van der Waals surface area contributed by atoms with Crippen LogP contribution in [0.2, 0.25) is 0 Å². The van der Waals surface area contributed by atoms with Crippen molar-refractivity contribution in [1.29, 1.82) is 0 Å². The second-order valence-electron chi connectivity index (χ2n) is 10.1. The van der Waals surface area contributed by atoms with Gasteiger partial charge < -0.3 is 18.9 Å². The number of benzene rings is 4. The fourth-order valence-electron chi connectivity index (χ4n) is 4.34. The van der Waals surface area contributed by atoms with Crippen molar-refractivity contribution < 1.29 is 32.9 Å². The molecule has 11 heteroatoms. The number of aromatic amines is 1. The van der Waals surface area contributed by atoms with E-state index < -0.39 is 29.3 Å². The molecule has 0 spiro atoms. The van der Waals surface area contributed by atoms with Gasteiger partial charge in [0.2, 0.25) is 0 Å². The normalized spacial score (nSPS) is 10.8. The van der Waals surface area contributed by atoms with Gasteiger partial charge in [-0.05, 0) is 66.2 Å². The highest BCUT2D eigenvalue weighted by Crippen LogP contribution is 2.23. The first-order valence-electron chi connectivity index (χ1n) is 14.2. The van der Waals surface area contributed by atoms with E-state index in [4.69, 9.17) is 18.9 Å². The maximum Gasteiger partial charge on any atom is 0.338 e. The van der Waals surface area contributed by atoms with Gasteiger partial charge in [-0.3, -0.25) is 14.3 Å². The molecule has 0 aliphatic carbocycles. The van der Waals surface area contributed by atoms with Crippen molar-refractivity contribution in [3.63, 3.8) is 0 Å². The summed E-state index contributed by atoms with van der Waals surface area (Å²) >= 11 is 0. The summed E-state index contributed by atoms with van der Waals surface area (Å²) in [7, 11) is 0. The molecule has 0 radical (unpaired) electrons. The number of H-pyrrole nitrogens is 1. The number of hydrogen-bond acceptors (Lipinski definition) is 8. The minimum Gasteiger partial charge on any atom is -0.459 e. The van der Waals surface area contributed by atoms with Crippen LogP contribution in [0.4, 0.5) is 4.39 Å². The average molecular weight is 625 g/mol. The third kappa shape index (κ3) is 8.87. The Morgan fingerprint density at radius 1 is 0.739 bits per heavy atom. The van der Waals surface area contributed by atoms with Crippen molar-refractivity contribution in [2.75, 3.05) is 13.2 Å². The minimum atomic E-state index is -0.942. The molecule has 1 N–H and O–H groups in total. The predicted octanol–water partition coefficient (Wildman–Crippen LogP) is 5.12. The quantitative estimate of drug-likeness (QED) is 0.179. The number of rotatable bonds is 13. The van der Waals surface area contributed by atoms with Crippen molar-refractivity contribution in [2.45, 2.75) is 19.3 Å². The molecule has 0 aliphatic rings. The van der Waals surface area contributed by atoms with Gasteiger partial charge in [0.1, 0.15) is 43.4 Å². The zero-order valence-electron chi connectivity index (χ0n) is 24.5. The molecule has 0 bridgehead atoms. The number of nitrogens with one attached hydrogen (secondary N) is 1.